The maximum absolute atomic E-state index is 11.3. The number of benzene rings is 1. The summed E-state index contributed by atoms with van der Waals surface area (Å²) < 4.78 is 22.6. The number of amidine groups is 2. The number of hydrogen-bond acceptors (Lipinski definition) is 10. The average Bonchev–Trinajstić information content (AvgIpc) is 2.96. The quantitative estimate of drug-likeness (QED) is 0.558. The van der Waals surface area contributed by atoms with E-state index in [4.69, 9.17) is 10.9 Å². The van der Waals surface area contributed by atoms with Crippen LogP contribution in [0, 0.1) is 0 Å². The van der Waals surface area contributed by atoms with Gasteiger partial charge in [0.1, 0.15) is 0 Å². The SMILES string of the molecule is CN1CCN(C2=NN=C(N)C2=NN(O)c2ccc(S(N)(=O)=O)cc2)CC1. The van der Waals surface area contributed by atoms with Crippen molar-refractivity contribution < 1.29 is 13.6 Å². The van der Waals surface area contributed by atoms with E-state index in [-0.39, 0.29) is 22.1 Å². The highest BCUT2D eigenvalue weighted by molar-refractivity contribution is 7.89. The molecule has 0 unspecified atom stereocenters. The second kappa shape index (κ2) is 6.99. The van der Waals surface area contributed by atoms with Gasteiger partial charge in [-0.25, -0.2) is 13.6 Å². The molecular formula is C14H20N8O3S. The minimum absolute atomic E-state index is 0.0658. The molecule has 1 aromatic rings. The normalized spacial score (nSPS) is 20.3. The first-order valence-electron chi connectivity index (χ1n) is 7.81. The number of hydrazone groups is 1. The highest BCUT2D eigenvalue weighted by atomic mass is 32.2. The van der Waals surface area contributed by atoms with E-state index in [1.54, 1.807) is 0 Å². The van der Waals surface area contributed by atoms with Gasteiger partial charge in [0.25, 0.3) is 0 Å². The van der Waals surface area contributed by atoms with Gasteiger partial charge in [-0.2, -0.15) is 0 Å². The predicted octanol–water partition coefficient (Wildman–Crippen LogP) is -1.18. The highest BCUT2D eigenvalue weighted by Crippen LogP contribution is 2.17. The van der Waals surface area contributed by atoms with Gasteiger partial charge in [0.05, 0.1) is 10.6 Å². The molecule has 0 spiro atoms. The van der Waals surface area contributed by atoms with Crippen LogP contribution in [0.25, 0.3) is 0 Å². The van der Waals surface area contributed by atoms with E-state index in [0.29, 0.717) is 11.0 Å². The lowest BCUT2D eigenvalue weighted by Gasteiger charge is -2.33. The smallest absolute Gasteiger partial charge is 0.238 e. The van der Waals surface area contributed by atoms with Gasteiger partial charge in [0, 0.05) is 26.2 Å². The summed E-state index contributed by atoms with van der Waals surface area (Å²) in [6, 6.07) is 5.29. The van der Waals surface area contributed by atoms with Gasteiger partial charge < -0.3 is 15.5 Å². The fraction of sp³-hybridized carbons (Fsp3) is 0.357. The first kappa shape index (κ1) is 18.3. The fourth-order valence-corrected chi connectivity index (χ4v) is 3.07. The summed E-state index contributed by atoms with van der Waals surface area (Å²) in [4.78, 5) is 4.13. The van der Waals surface area contributed by atoms with Crippen molar-refractivity contribution in [2.24, 2.45) is 26.2 Å². The molecule has 0 saturated carbocycles. The van der Waals surface area contributed by atoms with Crippen molar-refractivity contribution in [3.05, 3.63) is 24.3 Å². The summed E-state index contributed by atoms with van der Waals surface area (Å²) in [6.07, 6.45) is 0. The molecule has 3 rings (SSSR count). The third-order valence-corrected chi connectivity index (χ3v) is 5.03. The number of hydrogen-bond donors (Lipinski definition) is 3. The van der Waals surface area contributed by atoms with Gasteiger partial charge in [-0.3, -0.25) is 5.21 Å². The van der Waals surface area contributed by atoms with E-state index in [1.807, 2.05) is 11.9 Å². The molecule has 1 fully saturated rings. The Bertz CT molecular complexity index is 870. The molecular weight excluding hydrogens is 360 g/mol. The third-order valence-electron chi connectivity index (χ3n) is 4.10. The van der Waals surface area contributed by atoms with Crippen molar-refractivity contribution in [2.75, 3.05) is 38.4 Å². The zero-order valence-electron chi connectivity index (χ0n) is 14.1. The summed E-state index contributed by atoms with van der Waals surface area (Å²) in [6.45, 7) is 3.21. The van der Waals surface area contributed by atoms with Crippen molar-refractivity contribution in [2.45, 2.75) is 4.90 Å². The number of rotatable bonds is 3. The lowest BCUT2D eigenvalue weighted by molar-refractivity contribution is 0.216. The molecule has 2 aliphatic rings. The van der Waals surface area contributed by atoms with Gasteiger partial charge in [-0.15, -0.1) is 20.5 Å². The summed E-state index contributed by atoms with van der Waals surface area (Å²) >= 11 is 0. The Labute approximate surface area is 150 Å². The molecule has 0 amide bonds. The summed E-state index contributed by atoms with van der Waals surface area (Å²) in [5.41, 5.74) is 6.34. The summed E-state index contributed by atoms with van der Waals surface area (Å²) in [5.74, 6) is 0.593. The number of likely N-dealkylation sites (N-methyl/N-ethyl adjacent to an activating group) is 1. The molecule has 5 N–H and O–H groups in total. The Morgan fingerprint density at radius 3 is 2.35 bits per heavy atom. The highest BCUT2D eigenvalue weighted by Gasteiger charge is 2.28. The zero-order valence-corrected chi connectivity index (χ0v) is 15.0. The summed E-state index contributed by atoms with van der Waals surface area (Å²) in [5, 5.41) is 27.9. The largest absolute Gasteiger partial charge is 0.380 e. The molecule has 140 valence electrons. The first-order valence-corrected chi connectivity index (χ1v) is 9.36. The van der Waals surface area contributed by atoms with Crippen LogP contribution >= 0.6 is 0 Å². The van der Waals surface area contributed by atoms with Crippen molar-refractivity contribution in [1.29, 1.82) is 0 Å². The van der Waals surface area contributed by atoms with Crippen LogP contribution in [0.15, 0.2) is 44.5 Å². The molecule has 0 aliphatic carbocycles. The average molecular weight is 380 g/mol. The molecule has 2 heterocycles. The second-order valence-corrected chi connectivity index (χ2v) is 7.54. The molecule has 0 atom stereocenters. The van der Waals surface area contributed by atoms with Crippen LogP contribution in [0.3, 0.4) is 0 Å². The van der Waals surface area contributed by atoms with Crippen LogP contribution in [0.5, 0.6) is 0 Å². The van der Waals surface area contributed by atoms with Crippen molar-refractivity contribution in [1.82, 2.24) is 9.80 Å². The van der Waals surface area contributed by atoms with E-state index >= 15 is 0 Å². The number of nitrogens with two attached hydrogens (primary N) is 2. The van der Waals surface area contributed by atoms with Crippen LogP contribution in [0.2, 0.25) is 0 Å². The standard InChI is InChI=1S/C14H20N8O3S/c1-20-6-8-21(9-7-20)14-12(13(15)17-18-14)19-22(23)10-2-4-11(5-3-10)26(16,24)25/h2-5,23H,6-9H2,1H3,(H2,15,17,19)(H2,16,24,25). The lowest BCUT2D eigenvalue weighted by atomic mass is 10.2. The maximum atomic E-state index is 11.3. The number of sulfonamides is 1. The van der Waals surface area contributed by atoms with Crippen molar-refractivity contribution in [3.63, 3.8) is 0 Å². The van der Waals surface area contributed by atoms with Gasteiger partial charge in [-0.05, 0) is 31.3 Å². The van der Waals surface area contributed by atoms with E-state index in [0.717, 1.165) is 26.2 Å². The topological polar surface area (TPSA) is 153 Å². The first-order chi connectivity index (χ1) is 12.3. The molecule has 12 heteroatoms. The summed E-state index contributed by atoms with van der Waals surface area (Å²) in [7, 11) is -1.77. The molecule has 1 aromatic carbocycles. The fourth-order valence-electron chi connectivity index (χ4n) is 2.56. The minimum atomic E-state index is -3.81. The van der Waals surface area contributed by atoms with Crippen molar-refractivity contribution >= 4 is 33.1 Å². The monoisotopic (exact) mass is 380 g/mol. The minimum Gasteiger partial charge on any atom is -0.380 e. The molecule has 0 aromatic heterocycles. The Balaban J connectivity index is 1.80. The Hall–Kier alpha value is -2.54. The number of primary sulfonamides is 1. The van der Waals surface area contributed by atoms with E-state index < -0.39 is 10.0 Å². The van der Waals surface area contributed by atoms with Crippen LogP contribution in [0.1, 0.15) is 0 Å². The molecule has 11 nitrogen and oxygen atoms in total. The van der Waals surface area contributed by atoms with Crippen LogP contribution in [0.4, 0.5) is 5.69 Å². The van der Waals surface area contributed by atoms with E-state index in [2.05, 4.69) is 20.2 Å². The third kappa shape index (κ3) is 3.83. The number of anilines is 1. The van der Waals surface area contributed by atoms with Crippen molar-refractivity contribution in [3.8, 4) is 0 Å². The van der Waals surface area contributed by atoms with Crippen LogP contribution < -0.4 is 16.0 Å². The van der Waals surface area contributed by atoms with Gasteiger partial charge in [0.2, 0.25) is 10.0 Å². The van der Waals surface area contributed by atoms with E-state index in [1.165, 1.54) is 24.3 Å². The Morgan fingerprint density at radius 1 is 1.15 bits per heavy atom. The zero-order chi connectivity index (χ0) is 18.9. The molecule has 1 saturated heterocycles. The van der Waals surface area contributed by atoms with Gasteiger partial charge in [-0.1, -0.05) is 0 Å². The van der Waals surface area contributed by atoms with E-state index in [9.17, 15) is 13.6 Å². The van der Waals surface area contributed by atoms with Crippen LogP contribution in [-0.2, 0) is 10.0 Å². The second-order valence-electron chi connectivity index (χ2n) is 5.98. The van der Waals surface area contributed by atoms with Gasteiger partial charge in [0.15, 0.2) is 17.4 Å². The molecule has 0 bridgehead atoms. The predicted molar refractivity (Wildman–Crippen MR) is 97.6 cm³/mol. The number of nitrogens with zero attached hydrogens (tertiary/aromatic N) is 6. The maximum Gasteiger partial charge on any atom is 0.238 e. The Kier molecular flexibility index (Phi) is 4.91. The Morgan fingerprint density at radius 2 is 1.77 bits per heavy atom. The lowest BCUT2D eigenvalue weighted by Crippen LogP contribution is -2.50. The molecule has 26 heavy (non-hydrogen) atoms. The molecule has 0 radical (unpaired) electrons. The molecule has 2 aliphatic heterocycles. The number of piperazine rings is 1. The van der Waals surface area contributed by atoms with Gasteiger partial charge >= 0.3 is 0 Å². The van der Waals surface area contributed by atoms with Crippen LogP contribution in [-0.4, -0.2) is 74.0 Å².